The van der Waals surface area contributed by atoms with Crippen LogP contribution in [0.25, 0.3) is 0 Å². The summed E-state index contributed by atoms with van der Waals surface area (Å²) in [6.07, 6.45) is 0.0827. The van der Waals surface area contributed by atoms with Crippen molar-refractivity contribution in [1.82, 2.24) is 0 Å². The number of hydrogen-bond acceptors (Lipinski definition) is 3. The van der Waals surface area contributed by atoms with Crippen molar-refractivity contribution >= 4 is 5.97 Å². The van der Waals surface area contributed by atoms with E-state index < -0.39 is 11.6 Å². The first-order chi connectivity index (χ1) is 6.64. The molecule has 0 saturated heterocycles. The van der Waals surface area contributed by atoms with Gasteiger partial charge in [-0.25, -0.2) is 4.79 Å². The molecule has 1 atom stereocenters. The van der Waals surface area contributed by atoms with Gasteiger partial charge < -0.3 is 14.9 Å². The van der Waals surface area contributed by atoms with Crippen molar-refractivity contribution < 1.29 is 19.7 Å². The first kappa shape index (κ1) is 9.02. The number of carboxylic acid groups (broad SMARTS) is 1. The van der Waals surface area contributed by atoms with Crippen LogP contribution in [0, 0.1) is 0 Å². The van der Waals surface area contributed by atoms with Gasteiger partial charge in [0.05, 0.1) is 6.61 Å². The van der Waals surface area contributed by atoms with Gasteiger partial charge in [-0.1, -0.05) is 18.2 Å². The molecule has 1 aromatic rings. The van der Waals surface area contributed by atoms with E-state index in [4.69, 9.17) is 9.84 Å². The Hall–Kier alpha value is -1.55. The van der Waals surface area contributed by atoms with Crippen molar-refractivity contribution in [1.29, 1.82) is 0 Å². The van der Waals surface area contributed by atoms with E-state index in [9.17, 15) is 9.90 Å². The Morgan fingerprint density at radius 3 is 2.86 bits per heavy atom. The molecule has 0 aliphatic carbocycles. The zero-order valence-corrected chi connectivity index (χ0v) is 7.43. The molecule has 0 bridgehead atoms. The predicted molar refractivity (Wildman–Crippen MR) is 48.1 cm³/mol. The average molecular weight is 194 g/mol. The summed E-state index contributed by atoms with van der Waals surface area (Å²) in [5.41, 5.74) is -1.46. The fourth-order valence-corrected chi connectivity index (χ4v) is 1.60. The summed E-state index contributed by atoms with van der Waals surface area (Å²) >= 11 is 0. The molecule has 0 radical (unpaired) electrons. The Labute approximate surface area is 80.7 Å². The summed E-state index contributed by atoms with van der Waals surface area (Å²) < 4.78 is 5.25. The third-order valence-electron chi connectivity index (χ3n) is 2.41. The minimum absolute atomic E-state index is 0.0827. The zero-order chi connectivity index (χ0) is 10.2. The van der Waals surface area contributed by atoms with Crippen LogP contribution in [0.1, 0.15) is 12.0 Å². The normalized spacial score (nSPS) is 24.9. The van der Waals surface area contributed by atoms with Gasteiger partial charge in [0.25, 0.3) is 0 Å². The van der Waals surface area contributed by atoms with Crippen LogP contribution in [0.5, 0.6) is 5.75 Å². The molecule has 2 rings (SSSR count). The van der Waals surface area contributed by atoms with Crippen molar-refractivity contribution in [3.8, 4) is 5.75 Å². The van der Waals surface area contributed by atoms with E-state index >= 15 is 0 Å². The molecular weight excluding hydrogens is 184 g/mol. The van der Waals surface area contributed by atoms with Crippen LogP contribution in [-0.4, -0.2) is 22.8 Å². The minimum atomic E-state index is -1.80. The highest BCUT2D eigenvalue weighted by atomic mass is 16.5. The number of hydrogen-bond donors (Lipinski definition) is 2. The van der Waals surface area contributed by atoms with Crippen molar-refractivity contribution in [2.24, 2.45) is 0 Å². The van der Waals surface area contributed by atoms with Crippen LogP contribution >= 0.6 is 0 Å². The van der Waals surface area contributed by atoms with Gasteiger partial charge >= 0.3 is 5.97 Å². The van der Waals surface area contributed by atoms with Gasteiger partial charge in [-0.05, 0) is 6.07 Å². The molecule has 0 fully saturated rings. The number of carbonyl (C=O) groups is 1. The summed E-state index contributed by atoms with van der Waals surface area (Å²) in [5, 5.41) is 18.9. The maximum atomic E-state index is 10.9. The Balaban J connectivity index is 2.55. The summed E-state index contributed by atoms with van der Waals surface area (Å²) in [6.45, 7) is 0.222. The largest absolute Gasteiger partial charge is 0.493 e. The molecular formula is C10H10O4. The van der Waals surface area contributed by atoms with Gasteiger partial charge in [0.1, 0.15) is 5.75 Å². The number of aliphatic carboxylic acids is 1. The van der Waals surface area contributed by atoms with E-state index in [0.29, 0.717) is 11.3 Å². The number of ether oxygens (including phenoxy) is 1. The second-order valence-electron chi connectivity index (χ2n) is 3.26. The lowest BCUT2D eigenvalue weighted by molar-refractivity contribution is -0.162. The minimum Gasteiger partial charge on any atom is -0.493 e. The van der Waals surface area contributed by atoms with Crippen LogP contribution in [0.2, 0.25) is 0 Å². The van der Waals surface area contributed by atoms with Gasteiger partial charge in [-0.3, -0.25) is 0 Å². The molecule has 74 valence electrons. The number of benzene rings is 1. The van der Waals surface area contributed by atoms with Crippen LogP contribution in [0.4, 0.5) is 0 Å². The highest BCUT2D eigenvalue weighted by Gasteiger charge is 2.42. The van der Waals surface area contributed by atoms with E-state index in [0.717, 1.165) is 0 Å². The molecule has 4 nitrogen and oxygen atoms in total. The van der Waals surface area contributed by atoms with Crippen LogP contribution < -0.4 is 4.74 Å². The molecule has 0 aromatic heterocycles. The Morgan fingerprint density at radius 1 is 1.43 bits per heavy atom. The molecule has 14 heavy (non-hydrogen) atoms. The van der Waals surface area contributed by atoms with Crippen molar-refractivity contribution in [3.63, 3.8) is 0 Å². The third kappa shape index (κ3) is 1.15. The lowest BCUT2D eigenvalue weighted by atomic mass is 9.88. The standard InChI is InChI=1S/C10H10O4/c11-9(12)10(13)5-6-14-8-4-2-1-3-7(8)10/h1-4,13H,5-6H2,(H,11,12). The van der Waals surface area contributed by atoms with Crippen molar-refractivity contribution in [2.45, 2.75) is 12.0 Å². The smallest absolute Gasteiger partial charge is 0.340 e. The quantitative estimate of drug-likeness (QED) is 0.692. The fraction of sp³-hybridized carbons (Fsp3) is 0.300. The first-order valence-electron chi connectivity index (χ1n) is 4.33. The summed E-state index contributed by atoms with van der Waals surface area (Å²) in [5.74, 6) is -0.781. The third-order valence-corrected chi connectivity index (χ3v) is 2.41. The van der Waals surface area contributed by atoms with Crippen molar-refractivity contribution in [2.75, 3.05) is 6.61 Å². The highest BCUT2D eigenvalue weighted by molar-refractivity contribution is 5.80. The fourth-order valence-electron chi connectivity index (χ4n) is 1.60. The molecule has 0 amide bonds. The lowest BCUT2D eigenvalue weighted by Gasteiger charge is -2.30. The van der Waals surface area contributed by atoms with Gasteiger partial charge in [-0.15, -0.1) is 0 Å². The second kappa shape index (κ2) is 2.99. The topological polar surface area (TPSA) is 66.8 Å². The first-order valence-corrected chi connectivity index (χ1v) is 4.33. The summed E-state index contributed by atoms with van der Waals surface area (Å²) in [7, 11) is 0. The molecule has 2 N–H and O–H groups in total. The van der Waals surface area contributed by atoms with E-state index in [-0.39, 0.29) is 13.0 Å². The number of fused-ring (bicyclic) bond motifs is 1. The maximum absolute atomic E-state index is 10.9. The van der Waals surface area contributed by atoms with Crippen LogP contribution in [-0.2, 0) is 10.4 Å². The summed E-state index contributed by atoms with van der Waals surface area (Å²) in [4.78, 5) is 10.9. The molecule has 1 aliphatic heterocycles. The monoisotopic (exact) mass is 194 g/mol. The molecule has 0 spiro atoms. The number of para-hydroxylation sites is 1. The predicted octanol–water partition coefficient (Wildman–Crippen LogP) is 0.741. The molecule has 1 unspecified atom stereocenters. The number of carboxylic acids is 1. The molecule has 1 aromatic carbocycles. The van der Waals surface area contributed by atoms with Gasteiger partial charge in [0.2, 0.25) is 0 Å². The SMILES string of the molecule is O=C(O)C1(O)CCOc2ccccc21. The number of aliphatic hydroxyl groups is 1. The molecule has 1 aliphatic rings. The van der Waals surface area contributed by atoms with Crippen LogP contribution in [0.3, 0.4) is 0 Å². The molecule has 4 heteroatoms. The maximum Gasteiger partial charge on any atom is 0.340 e. The van der Waals surface area contributed by atoms with E-state index in [1.807, 2.05) is 0 Å². The van der Waals surface area contributed by atoms with E-state index in [1.165, 1.54) is 0 Å². The molecule has 1 heterocycles. The average Bonchev–Trinajstić information content (AvgIpc) is 2.18. The lowest BCUT2D eigenvalue weighted by Crippen LogP contribution is -2.40. The van der Waals surface area contributed by atoms with Crippen molar-refractivity contribution in [3.05, 3.63) is 29.8 Å². The number of rotatable bonds is 1. The van der Waals surface area contributed by atoms with Gasteiger partial charge in [0.15, 0.2) is 5.60 Å². The highest BCUT2D eigenvalue weighted by Crippen LogP contribution is 2.36. The zero-order valence-electron chi connectivity index (χ0n) is 7.43. The Morgan fingerprint density at radius 2 is 2.14 bits per heavy atom. The Kier molecular flexibility index (Phi) is 1.93. The van der Waals surface area contributed by atoms with E-state index in [1.54, 1.807) is 24.3 Å². The van der Waals surface area contributed by atoms with Crippen LogP contribution in [0.15, 0.2) is 24.3 Å². The van der Waals surface area contributed by atoms with E-state index in [2.05, 4.69) is 0 Å². The Bertz CT molecular complexity index is 374. The van der Waals surface area contributed by atoms with Gasteiger partial charge in [-0.2, -0.15) is 0 Å². The molecule has 0 saturated carbocycles. The second-order valence-corrected chi connectivity index (χ2v) is 3.26. The van der Waals surface area contributed by atoms with Gasteiger partial charge in [0, 0.05) is 12.0 Å². The summed E-state index contributed by atoms with van der Waals surface area (Å²) in [6, 6.07) is 6.65.